The maximum Gasteiger partial charge on any atom is 0.426 e. The Kier molecular flexibility index (Phi) is 5.96. The smallest absolute Gasteiger partial charge is 0.426 e. The lowest BCUT2D eigenvalue weighted by Crippen LogP contribution is -2.29. The molecule has 0 N–H and O–H groups in total. The number of hydrogen-bond donors (Lipinski definition) is 0. The van der Waals surface area contributed by atoms with Crippen LogP contribution >= 0.6 is 0 Å². The molecule has 4 fully saturated rings. The van der Waals surface area contributed by atoms with E-state index < -0.39 is 0 Å². The van der Waals surface area contributed by atoms with E-state index in [1.54, 1.807) is 10.0 Å². The normalized spacial score (nSPS) is 33.5. The van der Waals surface area contributed by atoms with Crippen LogP contribution in [0.4, 0.5) is 9.59 Å². The van der Waals surface area contributed by atoms with Crippen LogP contribution in [-0.2, 0) is 9.47 Å². The van der Waals surface area contributed by atoms with E-state index in [1.807, 2.05) is 13.8 Å². The summed E-state index contributed by atoms with van der Waals surface area (Å²) in [4.78, 5) is 25.2. The number of rotatable bonds is 5. The molecule has 2 heterocycles. The summed E-state index contributed by atoms with van der Waals surface area (Å²) >= 11 is 0. The van der Waals surface area contributed by atoms with Crippen molar-refractivity contribution >= 4 is 12.2 Å². The number of hydrogen-bond acceptors (Lipinski definition) is 6. The fourth-order valence-electron chi connectivity index (χ4n) is 5.18. The monoisotopic (exact) mass is 394 g/mol. The van der Waals surface area contributed by atoms with E-state index in [4.69, 9.17) is 9.47 Å². The number of hydrazine groups is 2. The summed E-state index contributed by atoms with van der Waals surface area (Å²) in [5, 5.41) is 7.85. The molecule has 0 aromatic carbocycles. The molecule has 4 unspecified atom stereocenters. The fraction of sp³-hybridized carbons (Fsp3) is 0.900. The van der Waals surface area contributed by atoms with Crippen LogP contribution in [0, 0.1) is 0 Å². The Morgan fingerprint density at radius 1 is 0.679 bits per heavy atom. The van der Waals surface area contributed by atoms with Crippen molar-refractivity contribution in [1.29, 1.82) is 0 Å². The predicted molar refractivity (Wildman–Crippen MR) is 103 cm³/mol. The molecule has 4 aliphatic rings. The molecule has 8 nitrogen and oxygen atoms in total. The second-order valence-corrected chi connectivity index (χ2v) is 8.26. The second kappa shape index (κ2) is 8.45. The van der Waals surface area contributed by atoms with Gasteiger partial charge < -0.3 is 9.47 Å². The summed E-state index contributed by atoms with van der Waals surface area (Å²) in [6.45, 7) is 4.38. The van der Waals surface area contributed by atoms with Crippen LogP contribution in [0.1, 0.15) is 78.1 Å². The van der Waals surface area contributed by atoms with Crippen LogP contribution in [0.25, 0.3) is 0 Å². The lowest BCUT2D eigenvalue weighted by molar-refractivity contribution is 0.105. The molecule has 2 aliphatic carbocycles. The molecule has 0 aromatic heterocycles. The van der Waals surface area contributed by atoms with Gasteiger partial charge in [-0.3, -0.25) is 0 Å². The lowest BCUT2D eigenvalue weighted by Gasteiger charge is -2.23. The van der Waals surface area contributed by atoms with Crippen LogP contribution < -0.4 is 0 Å². The van der Waals surface area contributed by atoms with Crippen molar-refractivity contribution < 1.29 is 19.1 Å². The Bertz CT molecular complexity index is 527. The van der Waals surface area contributed by atoms with Crippen molar-refractivity contribution in [3.05, 3.63) is 0 Å². The molecule has 0 radical (unpaired) electrons. The average Bonchev–Trinajstić information content (AvgIpc) is 3.61. The highest BCUT2D eigenvalue weighted by molar-refractivity contribution is 5.73. The third kappa shape index (κ3) is 3.68. The quantitative estimate of drug-likeness (QED) is 0.663. The standard InChI is InChI=1S/C20H34N4O4/c1-3-27-19(25)23-17(21(23)15-11-7-5-8-12-15)18-22(16-13-9-6-10-14-16)24(18)20(26)28-4-2/h15-18H,3-14H2,1-2H3. The molecule has 2 saturated carbocycles. The maximum absolute atomic E-state index is 12.6. The summed E-state index contributed by atoms with van der Waals surface area (Å²) in [5.41, 5.74) is 0. The predicted octanol–water partition coefficient (Wildman–Crippen LogP) is 3.68. The zero-order valence-electron chi connectivity index (χ0n) is 17.2. The molecule has 158 valence electrons. The molecular weight excluding hydrogens is 360 g/mol. The molecule has 2 aliphatic heterocycles. The Morgan fingerprint density at radius 2 is 1.04 bits per heavy atom. The molecule has 0 spiro atoms. The molecule has 2 amide bonds. The van der Waals surface area contributed by atoms with Gasteiger partial charge in [-0.1, -0.05) is 38.5 Å². The van der Waals surface area contributed by atoms with Gasteiger partial charge in [-0.15, -0.1) is 0 Å². The molecule has 2 saturated heterocycles. The van der Waals surface area contributed by atoms with Gasteiger partial charge >= 0.3 is 12.2 Å². The van der Waals surface area contributed by atoms with E-state index in [2.05, 4.69) is 10.0 Å². The van der Waals surface area contributed by atoms with E-state index in [0.29, 0.717) is 25.3 Å². The molecule has 0 bridgehead atoms. The maximum atomic E-state index is 12.6. The van der Waals surface area contributed by atoms with Crippen molar-refractivity contribution in [3.8, 4) is 0 Å². The first-order valence-corrected chi connectivity index (χ1v) is 11.2. The first-order valence-electron chi connectivity index (χ1n) is 11.2. The first-order chi connectivity index (χ1) is 13.7. The number of carbonyl (C=O) groups excluding carboxylic acids is 2. The summed E-state index contributed by atoms with van der Waals surface area (Å²) < 4.78 is 10.6. The van der Waals surface area contributed by atoms with Gasteiger partial charge in [-0.25, -0.2) is 19.6 Å². The minimum atomic E-state index is -0.294. The van der Waals surface area contributed by atoms with Crippen LogP contribution in [0.2, 0.25) is 0 Å². The third-order valence-corrected chi connectivity index (χ3v) is 6.51. The van der Waals surface area contributed by atoms with Crippen molar-refractivity contribution in [2.45, 2.75) is 102 Å². The van der Waals surface area contributed by atoms with Crippen LogP contribution in [0.3, 0.4) is 0 Å². The highest BCUT2D eigenvalue weighted by Gasteiger charge is 2.70. The van der Waals surface area contributed by atoms with Gasteiger partial charge in [0.25, 0.3) is 0 Å². The Balaban J connectivity index is 1.52. The number of amides is 2. The molecule has 4 atom stereocenters. The van der Waals surface area contributed by atoms with Gasteiger partial charge in [-0.05, 0) is 39.5 Å². The molecule has 8 heteroatoms. The van der Waals surface area contributed by atoms with Crippen molar-refractivity contribution in [2.75, 3.05) is 13.2 Å². The summed E-state index contributed by atoms with van der Waals surface area (Å²) in [6.07, 6.45) is 10.9. The Hall–Kier alpha value is -1.54. The van der Waals surface area contributed by atoms with Crippen molar-refractivity contribution in [1.82, 2.24) is 20.0 Å². The largest absolute Gasteiger partial charge is 0.449 e. The van der Waals surface area contributed by atoms with Gasteiger partial charge in [0.05, 0.1) is 13.2 Å². The van der Waals surface area contributed by atoms with Crippen molar-refractivity contribution in [3.63, 3.8) is 0 Å². The zero-order chi connectivity index (χ0) is 19.7. The van der Waals surface area contributed by atoms with E-state index in [1.165, 1.54) is 38.5 Å². The van der Waals surface area contributed by atoms with E-state index in [-0.39, 0.29) is 24.5 Å². The lowest BCUT2D eigenvalue weighted by atomic mass is 9.95. The van der Waals surface area contributed by atoms with Gasteiger partial charge in [0, 0.05) is 12.1 Å². The van der Waals surface area contributed by atoms with E-state index in [9.17, 15) is 9.59 Å². The highest BCUT2D eigenvalue weighted by atomic mass is 16.6. The SMILES string of the molecule is CCOC(=O)N1C(C2N(C(=O)OCC)N2C2CCCCC2)N1C1CCCCC1. The number of ether oxygens (including phenoxy) is 2. The van der Waals surface area contributed by atoms with Crippen LogP contribution in [0.5, 0.6) is 0 Å². The molecule has 28 heavy (non-hydrogen) atoms. The van der Waals surface area contributed by atoms with Gasteiger partial charge in [0.2, 0.25) is 0 Å². The summed E-state index contributed by atoms with van der Waals surface area (Å²) in [6, 6.07) is 0.724. The van der Waals surface area contributed by atoms with E-state index >= 15 is 0 Å². The summed E-state index contributed by atoms with van der Waals surface area (Å²) in [7, 11) is 0. The minimum Gasteiger partial charge on any atom is -0.449 e. The zero-order valence-corrected chi connectivity index (χ0v) is 17.2. The average molecular weight is 395 g/mol. The van der Waals surface area contributed by atoms with Crippen LogP contribution in [-0.4, -0.2) is 69.9 Å². The van der Waals surface area contributed by atoms with Crippen LogP contribution in [0.15, 0.2) is 0 Å². The second-order valence-electron chi connectivity index (χ2n) is 8.26. The van der Waals surface area contributed by atoms with Crippen molar-refractivity contribution in [2.24, 2.45) is 0 Å². The minimum absolute atomic E-state index is 0.117. The molecular formula is C20H34N4O4. The highest BCUT2D eigenvalue weighted by Crippen LogP contribution is 2.48. The summed E-state index contributed by atoms with van der Waals surface area (Å²) in [5.74, 6) is 0. The Morgan fingerprint density at radius 3 is 1.36 bits per heavy atom. The van der Waals surface area contributed by atoms with Gasteiger partial charge in [-0.2, -0.15) is 10.0 Å². The number of carbonyl (C=O) groups is 2. The first kappa shape index (κ1) is 19.8. The Labute approximate surface area is 167 Å². The topological polar surface area (TPSA) is 64.6 Å². The fourth-order valence-corrected chi connectivity index (χ4v) is 5.18. The molecule has 0 aromatic rings. The van der Waals surface area contributed by atoms with E-state index in [0.717, 1.165) is 25.7 Å². The third-order valence-electron chi connectivity index (χ3n) is 6.51. The van der Waals surface area contributed by atoms with Gasteiger partial charge in [0.15, 0.2) is 12.3 Å². The molecule has 4 rings (SSSR count). The number of nitrogens with zero attached hydrogens (tertiary/aromatic N) is 4. The van der Waals surface area contributed by atoms with Gasteiger partial charge in [0.1, 0.15) is 0 Å².